The Morgan fingerprint density at radius 2 is 1.82 bits per heavy atom. The first-order valence-electron chi connectivity index (χ1n) is 3.95. The van der Waals surface area contributed by atoms with Crippen LogP contribution in [0.2, 0.25) is 0 Å². The summed E-state index contributed by atoms with van der Waals surface area (Å²) in [6.45, 7) is 3.47. The fourth-order valence-electron chi connectivity index (χ4n) is 1.24. The van der Waals surface area contributed by atoms with E-state index in [1.807, 2.05) is 4.90 Å². The number of hydrogen-bond acceptors (Lipinski definition) is 4. The third kappa shape index (κ3) is 2.41. The molecule has 4 nitrogen and oxygen atoms in total. The maximum Gasteiger partial charge on any atom is 0.130 e. The van der Waals surface area contributed by atoms with Gasteiger partial charge in [-0.25, -0.2) is 0 Å². The van der Waals surface area contributed by atoms with Crippen LogP contribution in [0, 0.1) is 0 Å². The van der Waals surface area contributed by atoms with Gasteiger partial charge in [0, 0.05) is 26.2 Å². The lowest BCUT2D eigenvalue weighted by atomic mass is 10.3. The molecule has 1 atom stereocenters. The van der Waals surface area contributed by atoms with E-state index < -0.39 is 6.23 Å². The highest BCUT2D eigenvalue weighted by molar-refractivity contribution is 4.70. The largest absolute Gasteiger partial charge is 0.392 e. The average Bonchev–Trinajstić information content (AvgIpc) is 2.05. The topological polar surface area (TPSA) is 46.9 Å². The van der Waals surface area contributed by atoms with Crippen LogP contribution >= 0.6 is 0 Å². The Morgan fingerprint density at radius 3 is 2.27 bits per heavy atom. The van der Waals surface area contributed by atoms with E-state index in [-0.39, 0.29) is 6.61 Å². The van der Waals surface area contributed by atoms with Crippen molar-refractivity contribution in [3.63, 3.8) is 0 Å². The van der Waals surface area contributed by atoms with E-state index in [0.717, 1.165) is 26.2 Å². The molecule has 1 aliphatic rings. The van der Waals surface area contributed by atoms with Gasteiger partial charge in [-0.15, -0.1) is 0 Å². The van der Waals surface area contributed by atoms with Crippen molar-refractivity contribution >= 4 is 0 Å². The predicted molar refractivity (Wildman–Crippen MR) is 42.2 cm³/mol. The summed E-state index contributed by atoms with van der Waals surface area (Å²) < 4.78 is 0. The number of piperazine rings is 1. The van der Waals surface area contributed by atoms with Crippen LogP contribution < -0.4 is 0 Å². The normalized spacial score (nSPS) is 25.4. The van der Waals surface area contributed by atoms with Crippen molar-refractivity contribution in [2.75, 3.05) is 39.8 Å². The third-order valence-electron chi connectivity index (χ3n) is 2.12. The average molecular weight is 160 g/mol. The molecule has 0 spiro atoms. The molecular formula is C7H16N2O2. The van der Waals surface area contributed by atoms with Crippen molar-refractivity contribution in [1.29, 1.82) is 0 Å². The van der Waals surface area contributed by atoms with E-state index in [1.54, 1.807) is 0 Å². The molecule has 4 heteroatoms. The third-order valence-corrected chi connectivity index (χ3v) is 2.12. The smallest absolute Gasteiger partial charge is 0.130 e. The molecule has 1 saturated heterocycles. The van der Waals surface area contributed by atoms with Crippen LogP contribution in [0.1, 0.15) is 0 Å². The molecule has 2 N–H and O–H groups in total. The van der Waals surface area contributed by atoms with E-state index in [0.29, 0.717) is 0 Å². The van der Waals surface area contributed by atoms with Crippen molar-refractivity contribution in [3.05, 3.63) is 0 Å². The molecular weight excluding hydrogens is 144 g/mol. The molecule has 0 aromatic rings. The minimum Gasteiger partial charge on any atom is -0.392 e. The van der Waals surface area contributed by atoms with Gasteiger partial charge in [0.2, 0.25) is 0 Å². The van der Waals surface area contributed by atoms with Crippen molar-refractivity contribution in [3.8, 4) is 0 Å². The zero-order valence-corrected chi connectivity index (χ0v) is 6.90. The van der Waals surface area contributed by atoms with Crippen LogP contribution in [0.3, 0.4) is 0 Å². The second kappa shape index (κ2) is 4.01. The molecule has 1 unspecified atom stereocenters. The van der Waals surface area contributed by atoms with Crippen molar-refractivity contribution in [2.24, 2.45) is 0 Å². The number of likely N-dealkylation sites (N-methyl/N-ethyl adjacent to an activating group) is 1. The van der Waals surface area contributed by atoms with Crippen LogP contribution in [-0.2, 0) is 0 Å². The van der Waals surface area contributed by atoms with E-state index in [4.69, 9.17) is 5.11 Å². The van der Waals surface area contributed by atoms with Gasteiger partial charge in [0.25, 0.3) is 0 Å². The highest BCUT2D eigenvalue weighted by Crippen LogP contribution is 2.01. The van der Waals surface area contributed by atoms with Crippen LogP contribution in [0.25, 0.3) is 0 Å². The molecule has 0 bridgehead atoms. The first-order valence-corrected chi connectivity index (χ1v) is 3.95. The molecule has 1 aliphatic heterocycles. The lowest BCUT2D eigenvalue weighted by Crippen LogP contribution is -2.50. The van der Waals surface area contributed by atoms with Crippen molar-refractivity contribution in [2.45, 2.75) is 6.23 Å². The molecule has 0 radical (unpaired) electrons. The Kier molecular flexibility index (Phi) is 3.26. The molecule has 0 amide bonds. The fourth-order valence-corrected chi connectivity index (χ4v) is 1.24. The second-order valence-electron chi connectivity index (χ2n) is 3.00. The van der Waals surface area contributed by atoms with E-state index >= 15 is 0 Å². The Hall–Kier alpha value is -0.160. The lowest BCUT2D eigenvalue weighted by molar-refractivity contribution is -0.0522. The Morgan fingerprint density at radius 1 is 1.27 bits per heavy atom. The Balaban J connectivity index is 2.27. The molecule has 1 fully saturated rings. The molecule has 11 heavy (non-hydrogen) atoms. The van der Waals surface area contributed by atoms with Crippen LogP contribution in [0.4, 0.5) is 0 Å². The summed E-state index contributed by atoms with van der Waals surface area (Å²) in [5.41, 5.74) is 0. The van der Waals surface area contributed by atoms with Crippen molar-refractivity contribution < 1.29 is 10.2 Å². The van der Waals surface area contributed by atoms with Gasteiger partial charge in [-0.05, 0) is 7.05 Å². The minimum atomic E-state index is -0.663. The van der Waals surface area contributed by atoms with Gasteiger partial charge < -0.3 is 15.1 Å². The van der Waals surface area contributed by atoms with Gasteiger partial charge in [-0.2, -0.15) is 0 Å². The summed E-state index contributed by atoms with van der Waals surface area (Å²) in [5, 5.41) is 17.9. The highest BCUT2D eigenvalue weighted by atomic mass is 16.3. The summed E-state index contributed by atoms with van der Waals surface area (Å²) >= 11 is 0. The van der Waals surface area contributed by atoms with Crippen LogP contribution in [0.5, 0.6) is 0 Å². The standard InChI is InChI=1S/C7H16N2O2/c1-8-2-4-9(5-3-8)7(11)6-10/h7,10-11H,2-6H2,1H3. The monoisotopic (exact) mass is 160 g/mol. The van der Waals surface area contributed by atoms with Crippen molar-refractivity contribution in [1.82, 2.24) is 9.80 Å². The number of nitrogens with zero attached hydrogens (tertiary/aromatic N) is 2. The first-order chi connectivity index (χ1) is 5.24. The minimum absolute atomic E-state index is 0.163. The van der Waals surface area contributed by atoms with Gasteiger partial charge in [-0.3, -0.25) is 4.90 Å². The number of aliphatic hydroxyl groups is 2. The van der Waals surface area contributed by atoms with E-state index in [9.17, 15) is 5.11 Å². The number of rotatable bonds is 2. The number of hydrogen-bond donors (Lipinski definition) is 2. The number of aliphatic hydroxyl groups excluding tert-OH is 2. The lowest BCUT2D eigenvalue weighted by Gasteiger charge is -2.34. The van der Waals surface area contributed by atoms with Gasteiger partial charge in [0.05, 0.1) is 6.61 Å². The zero-order chi connectivity index (χ0) is 8.27. The predicted octanol–water partition coefficient (Wildman–Crippen LogP) is -1.46. The second-order valence-corrected chi connectivity index (χ2v) is 3.00. The zero-order valence-electron chi connectivity index (χ0n) is 6.90. The highest BCUT2D eigenvalue weighted by Gasteiger charge is 2.18. The molecule has 0 saturated carbocycles. The molecule has 1 rings (SSSR count). The molecule has 0 aliphatic carbocycles. The first kappa shape index (κ1) is 8.93. The van der Waals surface area contributed by atoms with Gasteiger partial charge in [0.1, 0.15) is 6.23 Å². The molecule has 66 valence electrons. The van der Waals surface area contributed by atoms with Gasteiger partial charge in [0.15, 0.2) is 0 Å². The summed E-state index contributed by atoms with van der Waals surface area (Å²) in [4.78, 5) is 4.10. The van der Waals surface area contributed by atoms with Gasteiger partial charge in [-0.1, -0.05) is 0 Å². The maximum atomic E-state index is 9.23. The quantitative estimate of drug-likeness (QED) is 0.518. The summed E-state index contributed by atoms with van der Waals surface area (Å²) in [5.74, 6) is 0. The molecule has 1 heterocycles. The summed E-state index contributed by atoms with van der Waals surface area (Å²) in [7, 11) is 2.06. The molecule has 0 aromatic carbocycles. The van der Waals surface area contributed by atoms with E-state index in [1.165, 1.54) is 0 Å². The van der Waals surface area contributed by atoms with Gasteiger partial charge >= 0.3 is 0 Å². The molecule has 0 aromatic heterocycles. The van der Waals surface area contributed by atoms with Crippen LogP contribution in [0.15, 0.2) is 0 Å². The summed E-state index contributed by atoms with van der Waals surface area (Å²) in [6, 6.07) is 0. The Labute approximate surface area is 67.0 Å². The summed E-state index contributed by atoms with van der Waals surface area (Å²) in [6.07, 6.45) is -0.663. The maximum absolute atomic E-state index is 9.23. The fraction of sp³-hybridized carbons (Fsp3) is 1.00. The SMILES string of the molecule is CN1CCN(C(O)CO)CC1. The Bertz CT molecular complexity index is 113. The van der Waals surface area contributed by atoms with Crippen LogP contribution in [-0.4, -0.2) is 66.1 Å². The van der Waals surface area contributed by atoms with E-state index in [2.05, 4.69) is 11.9 Å².